The van der Waals surface area contributed by atoms with Crippen LogP contribution in [0, 0.1) is 0 Å². The molecule has 1 fully saturated rings. The first-order valence-electron chi connectivity index (χ1n) is 9.40. The van der Waals surface area contributed by atoms with Gasteiger partial charge in [-0.25, -0.2) is 0 Å². The van der Waals surface area contributed by atoms with Crippen LogP contribution in [-0.2, 0) is 11.2 Å². The van der Waals surface area contributed by atoms with E-state index in [1.807, 2.05) is 35.2 Å². The van der Waals surface area contributed by atoms with Gasteiger partial charge in [0.1, 0.15) is 17.1 Å². The van der Waals surface area contributed by atoms with Gasteiger partial charge in [0.2, 0.25) is 5.91 Å². The van der Waals surface area contributed by atoms with Gasteiger partial charge in [0.05, 0.1) is 25.5 Å². The lowest BCUT2D eigenvalue weighted by atomic mass is 9.82. The summed E-state index contributed by atoms with van der Waals surface area (Å²) in [6.07, 6.45) is 2.07. The molecule has 2 aromatic carbocycles. The highest BCUT2D eigenvalue weighted by Crippen LogP contribution is 2.40. The van der Waals surface area contributed by atoms with Gasteiger partial charge in [0.25, 0.3) is 0 Å². The monoisotopic (exact) mass is 443 g/mol. The molecule has 1 amide bonds. The fraction of sp³-hybridized carbons (Fsp3) is 0.364. The lowest BCUT2D eigenvalue weighted by Gasteiger charge is -2.44. The van der Waals surface area contributed by atoms with Crippen molar-refractivity contribution >= 4 is 27.6 Å². The van der Waals surface area contributed by atoms with E-state index in [9.17, 15) is 9.59 Å². The second kappa shape index (κ2) is 7.59. The normalized spacial score (nSPS) is 17.8. The van der Waals surface area contributed by atoms with Crippen LogP contribution in [0.4, 0.5) is 0 Å². The third-order valence-electron chi connectivity index (χ3n) is 5.59. The second-order valence-corrected chi connectivity index (χ2v) is 8.35. The number of rotatable bonds is 3. The third kappa shape index (κ3) is 3.78. The van der Waals surface area contributed by atoms with Gasteiger partial charge < -0.3 is 14.4 Å². The number of halogens is 1. The molecule has 5 nitrogen and oxygen atoms in total. The summed E-state index contributed by atoms with van der Waals surface area (Å²) in [7, 11) is 1.58. The Labute approximate surface area is 172 Å². The third-order valence-corrected chi connectivity index (χ3v) is 6.12. The molecule has 4 rings (SSSR count). The van der Waals surface area contributed by atoms with Gasteiger partial charge in [-0.3, -0.25) is 9.59 Å². The maximum Gasteiger partial charge on any atom is 0.226 e. The molecule has 2 aliphatic rings. The first-order valence-corrected chi connectivity index (χ1v) is 10.2. The van der Waals surface area contributed by atoms with Crippen LogP contribution in [0.5, 0.6) is 11.5 Å². The molecule has 2 aliphatic heterocycles. The Kier molecular flexibility index (Phi) is 5.15. The summed E-state index contributed by atoms with van der Waals surface area (Å²) in [5.74, 6) is 1.46. The topological polar surface area (TPSA) is 55.8 Å². The largest absolute Gasteiger partial charge is 0.497 e. The summed E-state index contributed by atoms with van der Waals surface area (Å²) in [5.41, 5.74) is 1.08. The predicted molar refractivity (Wildman–Crippen MR) is 109 cm³/mol. The van der Waals surface area contributed by atoms with Crippen LogP contribution >= 0.6 is 15.9 Å². The molecule has 1 spiro atoms. The molecule has 0 aromatic heterocycles. The van der Waals surface area contributed by atoms with Crippen molar-refractivity contribution in [3.05, 3.63) is 58.1 Å². The number of ketones is 1. The van der Waals surface area contributed by atoms with Crippen LogP contribution in [0.25, 0.3) is 0 Å². The van der Waals surface area contributed by atoms with E-state index in [0.717, 1.165) is 10.0 Å². The quantitative estimate of drug-likeness (QED) is 0.718. The summed E-state index contributed by atoms with van der Waals surface area (Å²) in [6.45, 7) is 1.21. The molecule has 146 valence electrons. The van der Waals surface area contributed by atoms with Crippen LogP contribution < -0.4 is 9.47 Å². The number of piperidine rings is 1. The highest BCUT2D eigenvalue weighted by molar-refractivity contribution is 9.10. The van der Waals surface area contributed by atoms with Crippen molar-refractivity contribution in [3.63, 3.8) is 0 Å². The number of likely N-dealkylation sites (tertiary alicyclic amines) is 1. The molecule has 6 heteroatoms. The van der Waals surface area contributed by atoms with Gasteiger partial charge in [-0.05, 0) is 35.9 Å². The van der Waals surface area contributed by atoms with Crippen LogP contribution in [0.3, 0.4) is 0 Å². The van der Waals surface area contributed by atoms with Crippen molar-refractivity contribution in [3.8, 4) is 11.5 Å². The van der Waals surface area contributed by atoms with E-state index < -0.39 is 5.60 Å². The molecule has 2 aromatic rings. The smallest absolute Gasteiger partial charge is 0.226 e. The number of amides is 1. The maximum atomic E-state index is 12.7. The molecule has 0 saturated carbocycles. The van der Waals surface area contributed by atoms with E-state index in [4.69, 9.17) is 9.47 Å². The van der Waals surface area contributed by atoms with E-state index in [0.29, 0.717) is 55.8 Å². The minimum Gasteiger partial charge on any atom is -0.497 e. The summed E-state index contributed by atoms with van der Waals surface area (Å²) >= 11 is 3.41. The average Bonchev–Trinajstić information content (AvgIpc) is 2.70. The molecule has 0 bridgehead atoms. The SMILES string of the molecule is COc1ccc2c(c1)C(=O)CC1(CCN(C(=O)Cc3ccc(Br)cc3)CC1)O2. The number of carbonyl (C=O) groups excluding carboxylic acids is 2. The average molecular weight is 444 g/mol. The van der Waals surface area contributed by atoms with Crippen LogP contribution in [0.15, 0.2) is 46.9 Å². The minimum atomic E-state index is -0.507. The van der Waals surface area contributed by atoms with Crippen molar-refractivity contribution in [1.82, 2.24) is 4.90 Å². The van der Waals surface area contributed by atoms with Crippen LogP contribution in [0.2, 0.25) is 0 Å². The molecule has 0 radical (unpaired) electrons. The fourth-order valence-electron chi connectivity index (χ4n) is 3.93. The van der Waals surface area contributed by atoms with Crippen molar-refractivity contribution in [2.75, 3.05) is 20.2 Å². The van der Waals surface area contributed by atoms with E-state index in [2.05, 4.69) is 15.9 Å². The molecular weight excluding hydrogens is 422 g/mol. The zero-order valence-electron chi connectivity index (χ0n) is 15.7. The first-order chi connectivity index (χ1) is 13.5. The summed E-state index contributed by atoms with van der Waals surface area (Å²) in [6, 6.07) is 13.2. The highest BCUT2D eigenvalue weighted by atomic mass is 79.9. The number of Topliss-reactive ketones (excluding diaryl/α,β-unsaturated/α-hetero) is 1. The Balaban J connectivity index is 1.41. The standard InChI is InChI=1S/C22H22BrNO4/c1-27-17-6-7-20-18(13-17)19(25)14-22(28-20)8-10-24(11-9-22)21(26)12-15-2-4-16(23)5-3-15/h2-7,13H,8-12,14H2,1H3. The number of fused-ring (bicyclic) bond motifs is 1. The summed E-state index contributed by atoms with van der Waals surface area (Å²) in [5, 5.41) is 0. The van der Waals surface area contributed by atoms with E-state index >= 15 is 0 Å². The van der Waals surface area contributed by atoms with Gasteiger partial charge in [0.15, 0.2) is 5.78 Å². The van der Waals surface area contributed by atoms with Crippen molar-refractivity contribution in [2.45, 2.75) is 31.3 Å². The van der Waals surface area contributed by atoms with Crippen LogP contribution in [-0.4, -0.2) is 42.4 Å². The Morgan fingerprint density at radius 1 is 1.18 bits per heavy atom. The molecule has 0 atom stereocenters. The van der Waals surface area contributed by atoms with Crippen LogP contribution in [0.1, 0.15) is 35.2 Å². The Morgan fingerprint density at radius 3 is 2.57 bits per heavy atom. The number of nitrogens with zero attached hydrogens (tertiary/aromatic N) is 1. The molecule has 0 aliphatic carbocycles. The lowest BCUT2D eigenvalue weighted by Crippen LogP contribution is -2.52. The molecule has 0 unspecified atom stereocenters. The predicted octanol–water partition coefficient (Wildman–Crippen LogP) is 4.03. The number of hydrogen-bond donors (Lipinski definition) is 0. The van der Waals surface area contributed by atoms with Crippen molar-refractivity contribution in [2.24, 2.45) is 0 Å². The van der Waals surface area contributed by atoms with Gasteiger partial charge in [0, 0.05) is 30.4 Å². The summed E-state index contributed by atoms with van der Waals surface area (Å²) in [4.78, 5) is 27.2. The number of ether oxygens (including phenoxy) is 2. The van der Waals surface area contributed by atoms with E-state index in [1.54, 1.807) is 19.2 Å². The maximum absolute atomic E-state index is 12.7. The van der Waals surface area contributed by atoms with Gasteiger partial charge in [-0.2, -0.15) is 0 Å². The zero-order valence-corrected chi connectivity index (χ0v) is 17.3. The molecular formula is C22H22BrNO4. The molecule has 2 heterocycles. The Bertz CT molecular complexity index is 901. The molecule has 1 saturated heterocycles. The van der Waals surface area contributed by atoms with E-state index in [1.165, 1.54) is 0 Å². The Morgan fingerprint density at radius 2 is 1.89 bits per heavy atom. The number of hydrogen-bond acceptors (Lipinski definition) is 4. The number of methoxy groups -OCH3 is 1. The lowest BCUT2D eigenvalue weighted by molar-refractivity contribution is -0.134. The number of carbonyl (C=O) groups is 2. The summed E-state index contributed by atoms with van der Waals surface area (Å²) < 4.78 is 12.5. The van der Waals surface area contributed by atoms with Crippen molar-refractivity contribution in [1.29, 1.82) is 0 Å². The number of benzene rings is 2. The molecule has 28 heavy (non-hydrogen) atoms. The minimum absolute atomic E-state index is 0.0785. The van der Waals surface area contributed by atoms with Gasteiger partial charge in [-0.1, -0.05) is 28.1 Å². The highest BCUT2D eigenvalue weighted by Gasteiger charge is 2.43. The van der Waals surface area contributed by atoms with Crippen molar-refractivity contribution < 1.29 is 19.1 Å². The van der Waals surface area contributed by atoms with Gasteiger partial charge >= 0.3 is 0 Å². The second-order valence-electron chi connectivity index (χ2n) is 7.43. The van der Waals surface area contributed by atoms with Gasteiger partial charge in [-0.15, -0.1) is 0 Å². The molecule has 0 N–H and O–H groups in total. The first kappa shape index (κ1) is 19.0. The Hall–Kier alpha value is -2.34. The van der Waals surface area contributed by atoms with E-state index in [-0.39, 0.29) is 11.7 Å². The fourth-order valence-corrected chi connectivity index (χ4v) is 4.20. The zero-order chi connectivity index (χ0) is 19.7.